The summed E-state index contributed by atoms with van der Waals surface area (Å²) in [5.41, 5.74) is 7.73. The average Bonchev–Trinajstić information content (AvgIpc) is 3.36. The fraction of sp³-hybridized carbons (Fsp3) is 0.400. The predicted octanol–water partition coefficient (Wildman–Crippen LogP) is 5.89. The molecule has 2 unspecified atom stereocenters. The summed E-state index contributed by atoms with van der Waals surface area (Å²) in [7, 11) is 0. The van der Waals surface area contributed by atoms with Gasteiger partial charge in [0.25, 0.3) is 0 Å². The predicted molar refractivity (Wildman–Crippen MR) is 143 cm³/mol. The van der Waals surface area contributed by atoms with Gasteiger partial charge in [0.2, 0.25) is 0 Å². The first-order valence-electron chi connectivity index (χ1n) is 13.4. The second-order valence-electron chi connectivity index (χ2n) is 12.5. The molecule has 0 amide bonds. The molecule has 6 nitrogen and oxygen atoms in total. The number of H-pyrrole nitrogens is 2. The third-order valence-corrected chi connectivity index (χ3v) is 9.83. The highest BCUT2D eigenvalue weighted by Gasteiger charge is 2.58. The van der Waals surface area contributed by atoms with Crippen LogP contribution in [0.5, 0.6) is 0 Å². The molecule has 4 heterocycles. The number of piperidine rings is 2. The highest BCUT2D eigenvalue weighted by atomic mass is 15.1. The number of rotatable bonds is 3. The Kier molecular flexibility index (Phi) is 3.52. The number of imidazole rings is 2. The Labute approximate surface area is 209 Å². The molecule has 0 bridgehead atoms. The van der Waals surface area contributed by atoms with Crippen LogP contribution in [-0.4, -0.2) is 32.0 Å². The SMILES string of the molecule is C[C@]12CC1N[C@H](c1nc3ccc(-c4ccc5c(ccc6[nH]c([C@@H]7C[C@@]8(C)CC8N7)nc65)c4)cc3[nH]1)C2. The van der Waals surface area contributed by atoms with Crippen molar-refractivity contribution >= 4 is 32.8 Å². The number of aromatic nitrogens is 4. The molecular formula is C30H30N6. The van der Waals surface area contributed by atoms with Gasteiger partial charge in [-0.1, -0.05) is 38.1 Å². The molecule has 36 heavy (non-hydrogen) atoms. The van der Waals surface area contributed by atoms with E-state index < -0.39 is 0 Å². The van der Waals surface area contributed by atoms with Crippen molar-refractivity contribution in [1.82, 2.24) is 30.6 Å². The van der Waals surface area contributed by atoms with E-state index in [2.05, 4.69) is 83.0 Å². The monoisotopic (exact) mass is 474 g/mol. The number of aromatic amines is 2. The second kappa shape index (κ2) is 6.36. The molecule has 180 valence electrons. The van der Waals surface area contributed by atoms with Crippen LogP contribution in [0.1, 0.15) is 63.3 Å². The Balaban J connectivity index is 1.05. The molecule has 0 radical (unpaired) electrons. The molecule has 4 aliphatic rings. The summed E-state index contributed by atoms with van der Waals surface area (Å²) in [4.78, 5) is 17.2. The first kappa shape index (κ1) is 19.9. The summed E-state index contributed by atoms with van der Waals surface area (Å²) >= 11 is 0. The fourth-order valence-electron chi connectivity index (χ4n) is 7.21. The molecular weight excluding hydrogens is 444 g/mol. The number of hydrogen-bond donors (Lipinski definition) is 4. The largest absolute Gasteiger partial charge is 0.341 e. The Hall–Kier alpha value is -3.22. The van der Waals surface area contributed by atoms with E-state index in [1.54, 1.807) is 0 Å². The lowest BCUT2D eigenvalue weighted by Gasteiger charge is -2.10. The molecule has 6 atom stereocenters. The summed E-state index contributed by atoms with van der Waals surface area (Å²) < 4.78 is 0. The molecule has 3 aromatic carbocycles. The van der Waals surface area contributed by atoms with Gasteiger partial charge in [0, 0.05) is 17.5 Å². The Morgan fingerprint density at radius 3 is 2.08 bits per heavy atom. The minimum Gasteiger partial charge on any atom is -0.341 e. The number of fused-ring (bicyclic) bond motifs is 6. The van der Waals surface area contributed by atoms with Gasteiger partial charge >= 0.3 is 0 Å². The van der Waals surface area contributed by atoms with Crippen molar-refractivity contribution in [2.75, 3.05) is 0 Å². The van der Waals surface area contributed by atoms with E-state index in [0.717, 1.165) is 33.7 Å². The summed E-state index contributed by atoms with van der Waals surface area (Å²) in [5, 5.41) is 9.93. The lowest BCUT2D eigenvalue weighted by atomic mass is 10.0. The van der Waals surface area contributed by atoms with Gasteiger partial charge in [-0.05, 0) is 77.3 Å². The van der Waals surface area contributed by atoms with E-state index in [1.807, 2.05) is 0 Å². The van der Waals surface area contributed by atoms with Crippen LogP contribution in [0.2, 0.25) is 0 Å². The molecule has 2 saturated carbocycles. The maximum Gasteiger partial charge on any atom is 0.124 e. The maximum atomic E-state index is 5.07. The minimum atomic E-state index is 0.342. The van der Waals surface area contributed by atoms with Gasteiger partial charge in [-0.2, -0.15) is 0 Å². The Bertz CT molecular complexity index is 1730. The van der Waals surface area contributed by atoms with Gasteiger partial charge in [-0.25, -0.2) is 9.97 Å². The molecule has 5 aromatic rings. The first-order valence-corrected chi connectivity index (χ1v) is 13.4. The summed E-state index contributed by atoms with van der Waals surface area (Å²) in [5.74, 6) is 2.16. The normalized spacial score (nSPS) is 34.5. The van der Waals surface area contributed by atoms with Crippen LogP contribution in [0, 0.1) is 10.8 Å². The van der Waals surface area contributed by atoms with Gasteiger partial charge in [-0.15, -0.1) is 0 Å². The van der Waals surface area contributed by atoms with Crippen LogP contribution in [-0.2, 0) is 0 Å². The van der Waals surface area contributed by atoms with Crippen molar-refractivity contribution < 1.29 is 0 Å². The first-order chi connectivity index (χ1) is 17.4. The zero-order valence-corrected chi connectivity index (χ0v) is 20.7. The van der Waals surface area contributed by atoms with Gasteiger partial charge in [0.05, 0.1) is 34.2 Å². The Morgan fingerprint density at radius 1 is 0.694 bits per heavy atom. The third kappa shape index (κ3) is 2.74. The number of nitrogens with one attached hydrogen (secondary N) is 4. The van der Waals surface area contributed by atoms with Crippen LogP contribution in [0.15, 0.2) is 48.5 Å². The molecule has 9 rings (SSSR count). The third-order valence-electron chi connectivity index (χ3n) is 9.83. The number of benzene rings is 3. The fourth-order valence-corrected chi connectivity index (χ4v) is 7.21. The van der Waals surface area contributed by atoms with Crippen LogP contribution < -0.4 is 10.6 Å². The van der Waals surface area contributed by atoms with E-state index in [9.17, 15) is 0 Å². The lowest BCUT2D eigenvalue weighted by molar-refractivity contribution is 0.489. The molecule has 2 aliphatic carbocycles. The smallest absolute Gasteiger partial charge is 0.124 e. The van der Waals surface area contributed by atoms with Crippen molar-refractivity contribution in [3.8, 4) is 11.1 Å². The molecule has 6 heteroatoms. The van der Waals surface area contributed by atoms with Crippen molar-refractivity contribution in [3.63, 3.8) is 0 Å². The standard InChI is InChI=1S/C30H30N6/c1-29-11-22(31-24(29)13-29)27-33-19-7-4-16(10-21(19)35-27)15-3-6-18-17(9-15)5-8-20-26(18)36-28(34-20)23-12-30(2)14-25(30)32-23/h3-10,22-25,31-32H,11-14H2,1-2H3,(H,33,35)(H,34,36)/t22-,23-,24?,25?,29-,30-/m0/s1. The molecule has 2 saturated heterocycles. The van der Waals surface area contributed by atoms with Gasteiger partial charge < -0.3 is 20.6 Å². The van der Waals surface area contributed by atoms with E-state index in [4.69, 9.17) is 9.97 Å². The molecule has 4 N–H and O–H groups in total. The van der Waals surface area contributed by atoms with Crippen LogP contribution in [0.4, 0.5) is 0 Å². The van der Waals surface area contributed by atoms with Crippen molar-refractivity contribution in [2.45, 2.75) is 63.7 Å². The topological polar surface area (TPSA) is 81.4 Å². The van der Waals surface area contributed by atoms with E-state index in [1.165, 1.54) is 47.6 Å². The maximum absolute atomic E-state index is 5.07. The van der Waals surface area contributed by atoms with Crippen LogP contribution in [0.25, 0.3) is 44.0 Å². The van der Waals surface area contributed by atoms with Gasteiger partial charge in [0.15, 0.2) is 0 Å². The van der Waals surface area contributed by atoms with Gasteiger partial charge in [-0.3, -0.25) is 0 Å². The molecule has 2 aromatic heterocycles. The summed E-state index contributed by atoms with van der Waals surface area (Å²) in [6.07, 6.45) is 4.96. The van der Waals surface area contributed by atoms with E-state index in [0.29, 0.717) is 35.0 Å². The number of nitrogens with zero attached hydrogens (tertiary/aromatic N) is 2. The molecule has 2 aliphatic heterocycles. The number of hydrogen-bond acceptors (Lipinski definition) is 4. The van der Waals surface area contributed by atoms with E-state index in [-0.39, 0.29) is 0 Å². The second-order valence-corrected chi connectivity index (χ2v) is 12.5. The highest BCUT2D eigenvalue weighted by Crippen LogP contribution is 2.58. The lowest BCUT2D eigenvalue weighted by Crippen LogP contribution is -2.18. The highest BCUT2D eigenvalue weighted by molar-refractivity contribution is 6.05. The Morgan fingerprint density at radius 2 is 1.36 bits per heavy atom. The summed E-state index contributed by atoms with van der Waals surface area (Å²) in [6.45, 7) is 4.77. The molecule has 4 fully saturated rings. The zero-order valence-electron chi connectivity index (χ0n) is 20.7. The quantitative estimate of drug-likeness (QED) is 0.263. The zero-order chi connectivity index (χ0) is 23.8. The molecule has 0 spiro atoms. The summed E-state index contributed by atoms with van der Waals surface area (Å²) in [6, 6.07) is 19.8. The van der Waals surface area contributed by atoms with Gasteiger partial charge in [0.1, 0.15) is 11.6 Å². The minimum absolute atomic E-state index is 0.342. The van der Waals surface area contributed by atoms with Crippen molar-refractivity contribution in [2.24, 2.45) is 10.8 Å². The average molecular weight is 475 g/mol. The van der Waals surface area contributed by atoms with Crippen molar-refractivity contribution in [1.29, 1.82) is 0 Å². The van der Waals surface area contributed by atoms with Crippen LogP contribution >= 0.6 is 0 Å². The van der Waals surface area contributed by atoms with Crippen LogP contribution in [0.3, 0.4) is 0 Å². The van der Waals surface area contributed by atoms with Crippen molar-refractivity contribution in [3.05, 3.63) is 60.2 Å². The van der Waals surface area contributed by atoms with E-state index >= 15 is 0 Å².